The molecule has 0 nitrogen and oxygen atoms in total. The minimum atomic E-state index is 0.377. The Morgan fingerprint density at radius 3 is 1.94 bits per heavy atom. The van der Waals surface area contributed by atoms with Crippen molar-refractivity contribution in [2.24, 2.45) is 5.92 Å². The Balaban J connectivity index is 1.20. The maximum Gasteiger partial charge on any atom is 0.00901 e. The van der Waals surface area contributed by atoms with Gasteiger partial charge < -0.3 is 0 Å². The van der Waals surface area contributed by atoms with Crippen molar-refractivity contribution in [3.05, 3.63) is 210 Å². The van der Waals surface area contributed by atoms with Crippen molar-refractivity contribution in [1.29, 1.82) is 0 Å². The van der Waals surface area contributed by atoms with Crippen LogP contribution in [-0.2, 0) is 0 Å². The van der Waals surface area contributed by atoms with Crippen molar-refractivity contribution in [3.63, 3.8) is 0 Å². The second-order valence-corrected chi connectivity index (χ2v) is 13.0. The summed E-state index contributed by atoms with van der Waals surface area (Å²) in [6.45, 7) is 4.51. The molecule has 6 aromatic rings. The molecule has 2 unspecified atom stereocenters. The molecular formula is C49H44. The van der Waals surface area contributed by atoms with E-state index in [9.17, 15) is 0 Å². The second-order valence-electron chi connectivity index (χ2n) is 13.0. The molecule has 0 fully saturated rings. The predicted octanol–water partition coefficient (Wildman–Crippen LogP) is 13.6. The molecule has 0 heteroatoms. The van der Waals surface area contributed by atoms with Crippen molar-refractivity contribution < 1.29 is 0 Å². The summed E-state index contributed by atoms with van der Waals surface area (Å²) in [6, 6.07) is 55.3. The summed E-state index contributed by atoms with van der Waals surface area (Å²) < 4.78 is 0. The average molecular weight is 633 g/mol. The summed E-state index contributed by atoms with van der Waals surface area (Å²) in [7, 11) is 0. The van der Waals surface area contributed by atoms with E-state index in [1.165, 1.54) is 79.3 Å². The lowest BCUT2D eigenvalue weighted by molar-refractivity contribution is 0.526. The predicted molar refractivity (Wildman–Crippen MR) is 212 cm³/mol. The van der Waals surface area contributed by atoms with Gasteiger partial charge in [0.15, 0.2) is 0 Å². The van der Waals surface area contributed by atoms with Crippen molar-refractivity contribution >= 4 is 27.5 Å². The van der Waals surface area contributed by atoms with E-state index in [1.807, 2.05) is 0 Å². The molecular weight excluding hydrogens is 589 g/mol. The summed E-state index contributed by atoms with van der Waals surface area (Å²) >= 11 is 0. The van der Waals surface area contributed by atoms with Crippen LogP contribution >= 0.6 is 0 Å². The zero-order chi connectivity index (χ0) is 33.4. The Kier molecular flexibility index (Phi) is 9.95. The minimum absolute atomic E-state index is 0.377. The zero-order valence-corrected chi connectivity index (χ0v) is 28.6. The fourth-order valence-corrected chi connectivity index (χ4v) is 7.29. The standard InChI is InChI=1S/C49H44/c1-3-14-39-32-33-44(36-16-7-5-8-17-36)34-48(39)42-28-24-37(25-29-42)38-26-30-43(31-27-38)49(41-18-9-6-10-19-41)35-45(15-4-2)47-23-13-21-40-20-11-12-22-46(40)47/h5-13,15-35,39,48H,3-4,14H2,1-2H3/b45-15-,49-35+. The summed E-state index contributed by atoms with van der Waals surface area (Å²) in [5, 5.41) is 2.55. The molecule has 1 aliphatic carbocycles. The van der Waals surface area contributed by atoms with E-state index < -0.39 is 0 Å². The molecule has 49 heavy (non-hydrogen) atoms. The first-order chi connectivity index (χ1) is 24.2. The average Bonchev–Trinajstić information content (AvgIpc) is 3.17. The van der Waals surface area contributed by atoms with Crippen LogP contribution in [0.25, 0.3) is 38.6 Å². The Morgan fingerprint density at radius 2 is 1.22 bits per heavy atom. The maximum absolute atomic E-state index is 2.48. The van der Waals surface area contributed by atoms with Gasteiger partial charge in [-0.15, -0.1) is 0 Å². The van der Waals surface area contributed by atoms with E-state index in [0.29, 0.717) is 11.8 Å². The minimum Gasteiger partial charge on any atom is -0.0799 e. The first-order valence-corrected chi connectivity index (χ1v) is 17.8. The fourth-order valence-electron chi connectivity index (χ4n) is 7.29. The molecule has 7 rings (SSSR count). The molecule has 0 aliphatic heterocycles. The van der Waals surface area contributed by atoms with Crippen molar-refractivity contribution in [2.45, 2.75) is 39.0 Å². The molecule has 0 amide bonds. The maximum atomic E-state index is 2.48. The van der Waals surface area contributed by atoms with Gasteiger partial charge in [0.05, 0.1) is 0 Å². The van der Waals surface area contributed by atoms with Gasteiger partial charge >= 0.3 is 0 Å². The van der Waals surface area contributed by atoms with E-state index >= 15 is 0 Å². The monoisotopic (exact) mass is 632 g/mol. The highest BCUT2D eigenvalue weighted by molar-refractivity contribution is 5.99. The smallest absolute Gasteiger partial charge is 0.00901 e. The topological polar surface area (TPSA) is 0 Å². The Morgan fingerprint density at radius 1 is 0.592 bits per heavy atom. The number of rotatable bonds is 10. The van der Waals surface area contributed by atoms with Gasteiger partial charge in [-0.25, -0.2) is 0 Å². The van der Waals surface area contributed by atoms with Crippen LogP contribution in [0.3, 0.4) is 0 Å². The number of hydrogen-bond acceptors (Lipinski definition) is 0. The van der Waals surface area contributed by atoms with Crippen LogP contribution in [0.2, 0.25) is 0 Å². The zero-order valence-electron chi connectivity index (χ0n) is 28.6. The molecule has 0 bridgehead atoms. The highest BCUT2D eigenvalue weighted by Gasteiger charge is 2.22. The van der Waals surface area contributed by atoms with Crippen molar-refractivity contribution in [3.8, 4) is 11.1 Å². The van der Waals surface area contributed by atoms with Gasteiger partial charge in [-0.3, -0.25) is 0 Å². The highest BCUT2D eigenvalue weighted by Crippen LogP contribution is 2.39. The molecule has 0 saturated heterocycles. The van der Waals surface area contributed by atoms with E-state index in [1.54, 1.807) is 0 Å². The molecule has 0 radical (unpaired) electrons. The van der Waals surface area contributed by atoms with Crippen molar-refractivity contribution in [1.82, 2.24) is 0 Å². The SMILES string of the molecule is CC/C=C(/C=C(\c1ccccc1)c1ccc(-c2ccc(C3C=C(c4ccccc4)C=CC3CCC)cc2)cc1)c1cccc2ccccc12. The van der Waals surface area contributed by atoms with Gasteiger partial charge in [-0.2, -0.15) is 0 Å². The molecule has 240 valence electrons. The first kappa shape index (κ1) is 32.1. The lowest BCUT2D eigenvalue weighted by atomic mass is 9.77. The van der Waals surface area contributed by atoms with Gasteiger partial charge in [0.2, 0.25) is 0 Å². The molecule has 2 atom stereocenters. The van der Waals surface area contributed by atoms with Gasteiger partial charge in [0.1, 0.15) is 0 Å². The Hall–Kier alpha value is -5.46. The molecule has 1 aliphatic rings. The number of allylic oxidation sites excluding steroid dienone is 7. The van der Waals surface area contributed by atoms with Crippen LogP contribution in [-0.4, -0.2) is 0 Å². The Bertz CT molecular complexity index is 2120. The van der Waals surface area contributed by atoms with E-state index in [-0.39, 0.29) is 0 Å². The van der Waals surface area contributed by atoms with Crippen LogP contribution in [0.15, 0.2) is 182 Å². The number of fused-ring (bicyclic) bond motifs is 1. The van der Waals surface area contributed by atoms with Gasteiger partial charge in [-0.05, 0) is 91.3 Å². The summed E-state index contributed by atoms with van der Waals surface area (Å²) in [5.74, 6) is 0.897. The molecule has 0 saturated carbocycles. The summed E-state index contributed by atoms with van der Waals surface area (Å²) in [4.78, 5) is 0. The highest BCUT2D eigenvalue weighted by atomic mass is 14.3. The third kappa shape index (κ3) is 7.20. The van der Waals surface area contributed by atoms with Crippen LogP contribution in [0.1, 0.15) is 66.8 Å². The van der Waals surface area contributed by atoms with Crippen LogP contribution in [0.4, 0.5) is 0 Å². The third-order valence-corrected chi connectivity index (χ3v) is 9.81. The van der Waals surface area contributed by atoms with Crippen LogP contribution in [0, 0.1) is 5.92 Å². The largest absolute Gasteiger partial charge is 0.0799 e. The second kappa shape index (κ2) is 15.2. The van der Waals surface area contributed by atoms with Gasteiger partial charge in [0, 0.05) is 5.92 Å². The lowest BCUT2D eigenvalue weighted by Crippen LogP contribution is -2.12. The molecule has 0 heterocycles. The molecule has 0 spiro atoms. The summed E-state index contributed by atoms with van der Waals surface area (Å²) in [6.07, 6.45) is 15.3. The first-order valence-electron chi connectivity index (χ1n) is 17.8. The van der Waals surface area contributed by atoms with Crippen molar-refractivity contribution in [2.75, 3.05) is 0 Å². The quantitative estimate of drug-likeness (QED) is 0.132. The number of hydrogen-bond donors (Lipinski definition) is 0. The third-order valence-electron chi connectivity index (χ3n) is 9.81. The fraction of sp³-hybridized carbons (Fsp3) is 0.143. The summed E-state index contributed by atoms with van der Waals surface area (Å²) in [5.41, 5.74) is 12.6. The molecule has 0 aromatic heterocycles. The van der Waals surface area contributed by atoms with Gasteiger partial charge in [0.25, 0.3) is 0 Å². The van der Waals surface area contributed by atoms with Crippen LogP contribution in [0.5, 0.6) is 0 Å². The Labute approximate surface area is 292 Å². The van der Waals surface area contributed by atoms with Crippen LogP contribution < -0.4 is 0 Å². The van der Waals surface area contributed by atoms with E-state index in [2.05, 4.69) is 196 Å². The normalized spacial score (nSPS) is 16.5. The van der Waals surface area contributed by atoms with E-state index in [0.717, 1.165) is 6.42 Å². The van der Waals surface area contributed by atoms with Gasteiger partial charge in [-0.1, -0.05) is 196 Å². The molecule has 0 N–H and O–H groups in total. The lowest BCUT2D eigenvalue weighted by Gasteiger charge is -2.27. The number of benzene rings is 6. The molecule has 6 aromatic carbocycles. The van der Waals surface area contributed by atoms with E-state index in [4.69, 9.17) is 0 Å².